The molecule has 0 spiro atoms. The van der Waals surface area contributed by atoms with Crippen LogP contribution in [0.15, 0.2) is 18.2 Å². The molecule has 0 saturated heterocycles. The average Bonchev–Trinajstić information content (AvgIpc) is 2.13. The van der Waals surface area contributed by atoms with Gasteiger partial charge in [0, 0.05) is 30.1 Å². The number of ether oxygens (including phenoxy) is 1. The summed E-state index contributed by atoms with van der Waals surface area (Å²) < 4.78 is 5.38. The number of nitrogens with one attached hydrogen (secondary N) is 1. The number of nitrogen functional groups attached to an aromatic ring is 1. The summed E-state index contributed by atoms with van der Waals surface area (Å²) in [7, 11) is 0. The van der Waals surface area contributed by atoms with Gasteiger partial charge in [0.15, 0.2) is 0 Å². The van der Waals surface area contributed by atoms with E-state index in [1.165, 1.54) is 0 Å². The summed E-state index contributed by atoms with van der Waals surface area (Å²) >= 11 is 0. The first-order valence-corrected chi connectivity index (χ1v) is 5.40. The maximum atomic E-state index is 9.60. The highest BCUT2D eigenvalue weighted by Gasteiger charge is 2.11. The highest BCUT2D eigenvalue weighted by Crippen LogP contribution is 2.22. The number of benzene rings is 1. The molecule has 16 heavy (non-hydrogen) atoms. The van der Waals surface area contributed by atoms with E-state index in [2.05, 4.69) is 5.32 Å². The lowest BCUT2D eigenvalue weighted by Crippen LogP contribution is -2.29. The summed E-state index contributed by atoms with van der Waals surface area (Å²) in [6, 6.07) is 5.46. The Morgan fingerprint density at radius 3 is 2.62 bits per heavy atom. The van der Waals surface area contributed by atoms with Crippen LogP contribution >= 0.6 is 0 Å². The fourth-order valence-electron chi connectivity index (χ4n) is 1.29. The molecule has 0 unspecified atom stereocenters. The zero-order valence-corrected chi connectivity index (χ0v) is 10.1. The Balaban J connectivity index is 2.72. The molecule has 0 fully saturated rings. The highest BCUT2D eigenvalue weighted by atomic mass is 16.5. The summed E-state index contributed by atoms with van der Waals surface area (Å²) in [4.78, 5) is 0. The monoisotopic (exact) mass is 224 g/mol. The van der Waals surface area contributed by atoms with E-state index in [0.717, 1.165) is 11.4 Å². The average molecular weight is 224 g/mol. The summed E-state index contributed by atoms with van der Waals surface area (Å²) in [5.74, 6) is 0.737. The van der Waals surface area contributed by atoms with Gasteiger partial charge < -0.3 is 20.9 Å². The third-order valence-electron chi connectivity index (χ3n) is 1.96. The largest absolute Gasteiger partial charge is 0.494 e. The number of hydrogen-bond donors (Lipinski definition) is 3. The maximum Gasteiger partial charge on any atom is 0.123 e. The minimum Gasteiger partial charge on any atom is -0.494 e. The molecule has 0 heterocycles. The maximum absolute atomic E-state index is 9.60. The number of hydrogen-bond acceptors (Lipinski definition) is 4. The van der Waals surface area contributed by atoms with Crippen LogP contribution in [0.4, 0.5) is 11.4 Å². The van der Waals surface area contributed by atoms with E-state index >= 15 is 0 Å². The van der Waals surface area contributed by atoms with E-state index in [4.69, 9.17) is 10.5 Å². The molecule has 0 amide bonds. The lowest BCUT2D eigenvalue weighted by Gasteiger charge is -2.19. The number of rotatable bonds is 5. The van der Waals surface area contributed by atoms with E-state index in [1.807, 2.05) is 19.1 Å². The van der Waals surface area contributed by atoms with Crippen LogP contribution in [0.1, 0.15) is 20.8 Å². The zero-order chi connectivity index (χ0) is 12.2. The van der Waals surface area contributed by atoms with Crippen LogP contribution in [0.2, 0.25) is 0 Å². The molecule has 4 N–H and O–H groups in total. The topological polar surface area (TPSA) is 67.5 Å². The van der Waals surface area contributed by atoms with Crippen molar-refractivity contribution in [3.8, 4) is 5.75 Å². The van der Waals surface area contributed by atoms with Crippen molar-refractivity contribution in [1.82, 2.24) is 0 Å². The van der Waals surface area contributed by atoms with Gasteiger partial charge >= 0.3 is 0 Å². The first-order chi connectivity index (χ1) is 7.40. The summed E-state index contributed by atoms with van der Waals surface area (Å²) in [5, 5.41) is 12.7. The molecule has 0 bridgehead atoms. The third-order valence-corrected chi connectivity index (χ3v) is 1.96. The van der Waals surface area contributed by atoms with Gasteiger partial charge in [-0.1, -0.05) is 0 Å². The van der Waals surface area contributed by atoms with Crippen molar-refractivity contribution in [2.45, 2.75) is 26.4 Å². The van der Waals surface area contributed by atoms with E-state index in [-0.39, 0.29) is 0 Å². The van der Waals surface area contributed by atoms with Crippen LogP contribution in [-0.2, 0) is 0 Å². The van der Waals surface area contributed by atoms with Crippen molar-refractivity contribution in [3.05, 3.63) is 18.2 Å². The van der Waals surface area contributed by atoms with Crippen LogP contribution < -0.4 is 15.8 Å². The second-order valence-corrected chi connectivity index (χ2v) is 4.39. The van der Waals surface area contributed by atoms with Gasteiger partial charge in [-0.25, -0.2) is 0 Å². The van der Waals surface area contributed by atoms with Crippen molar-refractivity contribution >= 4 is 11.4 Å². The lowest BCUT2D eigenvalue weighted by atomic mass is 10.1. The Hall–Kier alpha value is -1.42. The molecule has 4 nitrogen and oxygen atoms in total. The van der Waals surface area contributed by atoms with Gasteiger partial charge in [0.25, 0.3) is 0 Å². The smallest absolute Gasteiger partial charge is 0.123 e. The SMILES string of the molecule is CCOc1cc(N)cc(NCC(C)(C)O)c1. The van der Waals surface area contributed by atoms with Crippen LogP contribution in [0.25, 0.3) is 0 Å². The molecule has 1 rings (SSSR count). The predicted molar refractivity (Wildman–Crippen MR) is 66.8 cm³/mol. The Morgan fingerprint density at radius 1 is 1.38 bits per heavy atom. The van der Waals surface area contributed by atoms with Crippen molar-refractivity contribution < 1.29 is 9.84 Å². The molecule has 1 aromatic rings. The molecule has 90 valence electrons. The minimum absolute atomic E-state index is 0.460. The van der Waals surface area contributed by atoms with Crippen LogP contribution in [-0.4, -0.2) is 23.9 Å². The molecule has 0 aliphatic heterocycles. The van der Waals surface area contributed by atoms with Crippen molar-refractivity contribution in [1.29, 1.82) is 0 Å². The first-order valence-electron chi connectivity index (χ1n) is 5.40. The molecule has 0 aliphatic carbocycles. The van der Waals surface area contributed by atoms with Gasteiger partial charge in [-0.05, 0) is 26.8 Å². The molecular weight excluding hydrogens is 204 g/mol. The predicted octanol–water partition coefficient (Wildman–Crippen LogP) is 1.85. The zero-order valence-electron chi connectivity index (χ0n) is 10.1. The summed E-state index contributed by atoms with van der Waals surface area (Å²) in [5.41, 5.74) is 6.49. The van der Waals surface area contributed by atoms with E-state index < -0.39 is 5.60 Å². The molecule has 0 saturated carbocycles. The van der Waals surface area contributed by atoms with Gasteiger partial charge in [0.05, 0.1) is 12.2 Å². The third kappa shape index (κ3) is 4.40. The van der Waals surface area contributed by atoms with Crippen molar-refractivity contribution in [2.75, 3.05) is 24.2 Å². The molecule has 4 heteroatoms. The van der Waals surface area contributed by atoms with Crippen LogP contribution in [0.3, 0.4) is 0 Å². The number of anilines is 2. The standard InChI is InChI=1S/C12H20N2O2/c1-4-16-11-6-9(13)5-10(7-11)14-8-12(2,3)15/h5-7,14-15H,4,8,13H2,1-3H3. The summed E-state index contributed by atoms with van der Waals surface area (Å²) in [6.45, 7) is 6.48. The van der Waals surface area contributed by atoms with E-state index in [9.17, 15) is 5.11 Å². The molecular formula is C12H20N2O2. The van der Waals surface area contributed by atoms with Crippen molar-refractivity contribution in [2.24, 2.45) is 0 Å². The molecule has 1 aromatic carbocycles. The molecule has 0 aromatic heterocycles. The van der Waals surface area contributed by atoms with E-state index in [0.29, 0.717) is 18.8 Å². The van der Waals surface area contributed by atoms with Gasteiger partial charge in [-0.3, -0.25) is 0 Å². The van der Waals surface area contributed by atoms with Gasteiger partial charge in [0.1, 0.15) is 5.75 Å². The quantitative estimate of drug-likeness (QED) is 0.668. The van der Waals surface area contributed by atoms with E-state index in [1.54, 1.807) is 19.9 Å². The number of aliphatic hydroxyl groups is 1. The normalized spacial score (nSPS) is 11.2. The highest BCUT2D eigenvalue weighted by molar-refractivity contribution is 5.59. The Bertz CT molecular complexity index is 345. The molecule has 0 atom stereocenters. The summed E-state index contributed by atoms with van der Waals surface area (Å²) in [6.07, 6.45) is 0. The van der Waals surface area contributed by atoms with Crippen molar-refractivity contribution in [3.63, 3.8) is 0 Å². The first kappa shape index (κ1) is 12.6. The van der Waals surface area contributed by atoms with Gasteiger partial charge in [-0.15, -0.1) is 0 Å². The molecule has 0 radical (unpaired) electrons. The second kappa shape index (κ2) is 5.07. The van der Waals surface area contributed by atoms with Gasteiger partial charge in [0.2, 0.25) is 0 Å². The number of nitrogens with two attached hydrogens (primary N) is 1. The minimum atomic E-state index is -0.754. The fourth-order valence-corrected chi connectivity index (χ4v) is 1.29. The second-order valence-electron chi connectivity index (χ2n) is 4.39. The fraction of sp³-hybridized carbons (Fsp3) is 0.500. The Labute approximate surface area is 96.4 Å². The lowest BCUT2D eigenvalue weighted by molar-refractivity contribution is 0.0945. The Morgan fingerprint density at radius 2 is 2.06 bits per heavy atom. The molecule has 0 aliphatic rings. The van der Waals surface area contributed by atoms with Crippen LogP contribution in [0, 0.1) is 0 Å². The van der Waals surface area contributed by atoms with Crippen LogP contribution in [0.5, 0.6) is 5.75 Å². The Kier molecular flexibility index (Phi) is 4.01. The van der Waals surface area contributed by atoms with Gasteiger partial charge in [-0.2, -0.15) is 0 Å².